The van der Waals surface area contributed by atoms with Crippen molar-refractivity contribution in [1.29, 1.82) is 0 Å². The van der Waals surface area contributed by atoms with Crippen LogP contribution in [0.1, 0.15) is 17.2 Å². The first kappa shape index (κ1) is 19.8. The predicted octanol–water partition coefficient (Wildman–Crippen LogP) is 3.52. The number of fused-ring (bicyclic) bond motifs is 1. The molecule has 4 aromatic rings. The number of benzene rings is 1. The van der Waals surface area contributed by atoms with Crippen molar-refractivity contribution in [3.63, 3.8) is 0 Å². The van der Waals surface area contributed by atoms with Gasteiger partial charge in [0.05, 0.1) is 9.92 Å². The molecule has 0 spiro atoms. The van der Waals surface area contributed by atoms with Gasteiger partial charge in [-0.05, 0) is 24.5 Å². The maximum atomic E-state index is 13.2. The predicted molar refractivity (Wildman–Crippen MR) is 112 cm³/mol. The lowest BCUT2D eigenvalue weighted by atomic mass is 10.0. The summed E-state index contributed by atoms with van der Waals surface area (Å²) in [4.78, 5) is 12.7. The Balaban J connectivity index is 1.90. The zero-order valence-electron chi connectivity index (χ0n) is 15.1. The summed E-state index contributed by atoms with van der Waals surface area (Å²) < 4.78 is 27.4. The molecule has 0 radical (unpaired) electrons. The lowest BCUT2D eigenvalue weighted by Crippen LogP contribution is -2.12. The molecule has 0 aliphatic rings. The molecule has 1 N–H and O–H groups in total. The number of thioether (sulfide) groups is 1. The summed E-state index contributed by atoms with van der Waals surface area (Å²) in [5, 5.41) is 12.3. The van der Waals surface area contributed by atoms with Crippen molar-refractivity contribution in [3.8, 4) is 0 Å². The first-order valence-corrected chi connectivity index (χ1v) is 11.5. The number of pyridine rings is 1. The highest BCUT2D eigenvalue weighted by atomic mass is 35.5. The van der Waals surface area contributed by atoms with Crippen molar-refractivity contribution >= 4 is 44.4 Å². The van der Waals surface area contributed by atoms with Crippen molar-refractivity contribution < 1.29 is 13.5 Å². The lowest BCUT2D eigenvalue weighted by molar-refractivity contribution is 0.220. The average Bonchev–Trinajstić information content (AvgIpc) is 3.13. The van der Waals surface area contributed by atoms with Gasteiger partial charge in [-0.3, -0.25) is 0 Å². The topological polar surface area (TPSA) is 98.0 Å². The Morgan fingerprint density at radius 3 is 2.45 bits per heavy atom. The van der Waals surface area contributed by atoms with Gasteiger partial charge in [0.25, 0.3) is 10.0 Å². The molecule has 0 bridgehead atoms. The van der Waals surface area contributed by atoms with Crippen LogP contribution < -0.4 is 0 Å². The Labute approximate surface area is 176 Å². The molecule has 4 rings (SSSR count). The molecule has 29 heavy (non-hydrogen) atoms. The highest BCUT2D eigenvalue weighted by Crippen LogP contribution is 2.33. The third-order valence-corrected chi connectivity index (χ3v) is 6.80. The summed E-state index contributed by atoms with van der Waals surface area (Å²) in [6.45, 7) is 0. The summed E-state index contributed by atoms with van der Waals surface area (Å²) in [6.07, 6.45) is 6.45. The van der Waals surface area contributed by atoms with E-state index in [1.54, 1.807) is 24.3 Å². The van der Waals surface area contributed by atoms with E-state index in [1.807, 2.05) is 6.26 Å². The Morgan fingerprint density at radius 1 is 1.10 bits per heavy atom. The van der Waals surface area contributed by atoms with Crippen molar-refractivity contribution in [3.05, 3.63) is 77.3 Å². The molecule has 0 saturated carbocycles. The number of hydrogen-bond acceptors (Lipinski definition) is 7. The SMILES string of the molecule is CSc1ncc([C@@H](O)c2cn(S(=O)(=O)c3ccccc3)c3ncc(Cl)cc23)cn1. The van der Waals surface area contributed by atoms with Crippen LogP contribution in [0.25, 0.3) is 11.0 Å². The molecule has 3 heterocycles. The van der Waals surface area contributed by atoms with E-state index in [9.17, 15) is 13.5 Å². The zero-order valence-corrected chi connectivity index (χ0v) is 17.5. The van der Waals surface area contributed by atoms with Crippen LogP contribution in [0.2, 0.25) is 5.02 Å². The Morgan fingerprint density at radius 2 is 1.79 bits per heavy atom. The molecule has 10 heteroatoms. The minimum absolute atomic E-state index is 0.113. The van der Waals surface area contributed by atoms with Crippen LogP contribution in [0.15, 0.2) is 71.2 Å². The van der Waals surface area contributed by atoms with Gasteiger partial charge in [0.2, 0.25) is 0 Å². The van der Waals surface area contributed by atoms with E-state index in [0.717, 1.165) is 3.97 Å². The molecule has 0 amide bonds. The van der Waals surface area contributed by atoms with Gasteiger partial charge in [-0.15, -0.1) is 0 Å². The number of halogens is 1. The van der Waals surface area contributed by atoms with Gasteiger partial charge >= 0.3 is 0 Å². The molecular formula is C19H15ClN4O3S2. The molecule has 1 atom stereocenters. The molecule has 7 nitrogen and oxygen atoms in total. The van der Waals surface area contributed by atoms with Crippen LogP contribution in [0.5, 0.6) is 0 Å². The maximum Gasteiger partial charge on any atom is 0.269 e. The monoisotopic (exact) mass is 446 g/mol. The molecule has 0 aliphatic carbocycles. The van der Waals surface area contributed by atoms with Crippen LogP contribution in [0.4, 0.5) is 0 Å². The first-order chi connectivity index (χ1) is 13.9. The Hall–Kier alpha value is -2.46. The second-order valence-corrected chi connectivity index (χ2v) is 9.15. The molecule has 3 aromatic heterocycles. The number of rotatable bonds is 5. The van der Waals surface area contributed by atoms with Crippen molar-refractivity contribution in [1.82, 2.24) is 18.9 Å². The minimum Gasteiger partial charge on any atom is -0.383 e. The maximum absolute atomic E-state index is 13.2. The highest BCUT2D eigenvalue weighted by molar-refractivity contribution is 7.98. The quantitative estimate of drug-likeness (QED) is 0.370. The smallest absolute Gasteiger partial charge is 0.269 e. The Bertz CT molecular complexity index is 1280. The standard InChI is InChI=1S/C19H15ClN4O3S2/c1-28-19-22-8-12(9-23-19)17(25)16-11-24(18-15(16)7-13(20)10-21-18)29(26,27)14-5-3-2-4-6-14/h2-11,17,25H,1H3/t17-/m1/s1. The van der Waals surface area contributed by atoms with Gasteiger partial charge in [0, 0.05) is 41.3 Å². The molecule has 0 fully saturated rings. The molecule has 0 aliphatic heterocycles. The van der Waals surface area contributed by atoms with Crippen molar-refractivity contribution in [2.45, 2.75) is 16.2 Å². The van der Waals surface area contributed by atoms with Crippen molar-refractivity contribution in [2.75, 3.05) is 6.26 Å². The summed E-state index contributed by atoms with van der Waals surface area (Å²) >= 11 is 7.47. The third-order valence-electron chi connectivity index (χ3n) is 4.35. The van der Waals surface area contributed by atoms with Gasteiger partial charge in [-0.2, -0.15) is 0 Å². The fourth-order valence-corrected chi connectivity index (χ4v) is 4.76. The molecule has 1 aromatic carbocycles. The normalized spacial score (nSPS) is 12.9. The number of aromatic nitrogens is 4. The van der Waals surface area contributed by atoms with E-state index in [-0.39, 0.29) is 10.5 Å². The molecular weight excluding hydrogens is 432 g/mol. The van der Waals surface area contributed by atoms with Crippen LogP contribution in [-0.4, -0.2) is 38.7 Å². The molecule has 0 saturated heterocycles. The van der Waals surface area contributed by atoms with E-state index in [4.69, 9.17) is 11.6 Å². The number of nitrogens with zero attached hydrogens (tertiary/aromatic N) is 4. The minimum atomic E-state index is -3.92. The van der Waals surface area contributed by atoms with Crippen LogP contribution in [0, 0.1) is 0 Å². The fourth-order valence-electron chi connectivity index (χ4n) is 2.94. The third kappa shape index (κ3) is 3.62. The van der Waals surface area contributed by atoms with Gasteiger partial charge in [-0.1, -0.05) is 41.6 Å². The van der Waals surface area contributed by atoms with Crippen LogP contribution >= 0.6 is 23.4 Å². The number of aliphatic hydroxyl groups is 1. The zero-order chi connectivity index (χ0) is 20.6. The number of hydrogen-bond donors (Lipinski definition) is 1. The highest BCUT2D eigenvalue weighted by Gasteiger charge is 2.25. The lowest BCUT2D eigenvalue weighted by Gasteiger charge is -2.09. The first-order valence-electron chi connectivity index (χ1n) is 8.43. The van der Waals surface area contributed by atoms with E-state index < -0.39 is 16.1 Å². The van der Waals surface area contributed by atoms with Gasteiger partial charge < -0.3 is 5.11 Å². The van der Waals surface area contributed by atoms with Crippen molar-refractivity contribution in [2.24, 2.45) is 0 Å². The number of aliphatic hydroxyl groups excluding tert-OH is 1. The summed E-state index contributed by atoms with van der Waals surface area (Å²) in [7, 11) is -3.92. The second kappa shape index (κ2) is 7.75. The van der Waals surface area contributed by atoms with E-state index in [0.29, 0.717) is 26.7 Å². The second-order valence-electron chi connectivity index (χ2n) is 6.13. The summed E-state index contributed by atoms with van der Waals surface area (Å²) in [5.41, 5.74) is 0.947. The van der Waals surface area contributed by atoms with Gasteiger partial charge in [0.15, 0.2) is 10.8 Å². The molecule has 0 unspecified atom stereocenters. The molecule has 148 valence electrons. The van der Waals surface area contributed by atoms with E-state index >= 15 is 0 Å². The average molecular weight is 447 g/mol. The fraction of sp³-hybridized carbons (Fsp3) is 0.105. The Kier molecular flexibility index (Phi) is 5.30. The van der Waals surface area contributed by atoms with Crippen LogP contribution in [-0.2, 0) is 10.0 Å². The summed E-state index contributed by atoms with van der Waals surface area (Å²) in [6, 6.07) is 9.60. The van der Waals surface area contributed by atoms with Gasteiger partial charge in [-0.25, -0.2) is 27.3 Å². The van der Waals surface area contributed by atoms with E-state index in [1.165, 1.54) is 48.7 Å². The summed E-state index contributed by atoms with van der Waals surface area (Å²) in [5.74, 6) is 0. The van der Waals surface area contributed by atoms with Gasteiger partial charge in [0.1, 0.15) is 6.10 Å². The van der Waals surface area contributed by atoms with Crippen LogP contribution in [0.3, 0.4) is 0 Å². The largest absolute Gasteiger partial charge is 0.383 e. The van der Waals surface area contributed by atoms with E-state index in [2.05, 4.69) is 15.0 Å².